The quantitative estimate of drug-likeness (QED) is 0.414. The van der Waals surface area contributed by atoms with E-state index in [0.29, 0.717) is 6.54 Å². The molecule has 0 aromatic heterocycles. The molecule has 0 aromatic rings. The van der Waals surface area contributed by atoms with Gasteiger partial charge in [0.05, 0.1) is 19.3 Å². The summed E-state index contributed by atoms with van der Waals surface area (Å²) in [6, 6.07) is 0. The number of nitrogens with one attached hydrogen (secondary N) is 1. The first-order valence-corrected chi connectivity index (χ1v) is 5.22. The molecule has 2 aliphatic heterocycles. The van der Waals surface area contributed by atoms with Crippen LogP contribution in [0, 0.1) is 0 Å². The minimum atomic E-state index is 0.122. The first-order chi connectivity index (χ1) is 6.85. The zero-order valence-electron chi connectivity index (χ0n) is 8.28. The lowest BCUT2D eigenvalue weighted by Gasteiger charge is -2.33. The van der Waals surface area contributed by atoms with E-state index in [0.717, 1.165) is 19.6 Å². The van der Waals surface area contributed by atoms with Gasteiger partial charge in [-0.05, 0) is 31.3 Å². The van der Waals surface area contributed by atoms with Crippen molar-refractivity contribution >= 4 is 0 Å². The van der Waals surface area contributed by atoms with Crippen LogP contribution >= 0.6 is 0 Å². The Hall–Kier alpha value is -0.770. The maximum atomic E-state index is 8.22. The van der Waals surface area contributed by atoms with Crippen molar-refractivity contribution in [2.24, 2.45) is 5.11 Å². The van der Waals surface area contributed by atoms with Crippen molar-refractivity contribution in [2.75, 3.05) is 19.7 Å². The fourth-order valence-corrected chi connectivity index (χ4v) is 2.40. The average molecular weight is 196 g/mol. The van der Waals surface area contributed by atoms with E-state index in [1.807, 2.05) is 0 Å². The number of azide groups is 1. The van der Waals surface area contributed by atoms with Crippen molar-refractivity contribution in [1.82, 2.24) is 5.32 Å². The highest BCUT2D eigenvalue weighted by Crippen LogP contribution is 2.31. The van der Waals surface area contributed by atoms with Gasteiger partial charge in [0, 0.05) is 10.5 Å². The SMILES string of the molecule is [N-]=[N+]=NC[C@@H]1C[C@@]2(CCCCN2)CO1. The van der Waals surface area contributed by atoms with Gasteiger partial charge in [-0.3, -0.25) is 0 Å². The van der Waals surface area contributed by atoms with Crippen LogP contribution in [0.25, 0.3) is 10.4 Å². The summed E-state index contributed by atoms with van der Waals surface area (Å²) in [5, 5.41) is 7.10. The summed E-state index contributed by atoms with van der Waals surface area (Å²) in [4.78, 5) is 2.76. The molecule has 5 heteroatoms. The van der Waals surface area contributed by atoms with Crippen LogP contribution in [0.3, 0.4) is 0 Å². The third kappa shape index (κ3) is 2.00. The van der Waals surface area contributed by atoms with Gasteiger partial charge in [-0.1, -0.05) is 11.5 Å². The summed E-state index contributed by atoms with van der Waals surface area (Å²) in [5.41, 5.74) is 8.40. The Kier molecular flexibility index (Phi) is 2.91. The molecule has 0 aromatic carbocycles. The van der Waals surface area contributed by atoms with Gasteiger partial charge in [-0.15, -0.1) is 0 Å². The van der Waals surface area contributed by atoms with E-state index >= 15 is 0 Å². The average Bonchev–Trinajstić information content (AvgIpc) is 2.60. The molecule has 2 fully saturated rings. The summed E-state index contributed by atoms with van der Waals surface area (Å²) in [6.07, 6.45) is 4.86. The van der Waals surface area contributed by atoms with Crippen LogP contribution in [0.1, 0.15) is 25.7 Å². The fraction of sp³-hybridized carbons (Fsp3) is 1.00. The number of nitrogens with zero attached hydrogens (tertiary/aromatic N) is 3. The molecule has 1 spiro atoms. The van der Waals surface area contributed by atoms with Crippen LogP contribution in [-0.4, -0.2) is 31.3 Å². The van der Waals surface area contributed by atoms with Gasteiger partial charge in [0.1, 0.15) is 0 Å². The van der Waals surface area contributed by atoms with Crippen molar-refractivity contribution in [3.63, 3.8) is 0 Å². The van der Waals surface area contributed by atoms with Crippen molar-refractivity contribution in [3.05, 3.63) is 10.4 Å². The Balaban J connectivity index is 1.88. The van der Waals surface area contributed by atoms with Gasteiger partial charge >= 0.3 is 0 Å². The maximum Gasteiger partial charge on any atom is 0.0653 e. The summed E-state index contributed by atoms with van der Waals surface area (Å²) in [5.74, 6) is 0. The first kappa shape index (κ1) is 9.77. The van der Waals surface area contributed by atoms with Gasteiger partial charge in [0.2, 0.25) is 0 Å². The van der Waals surface area contributed by atoms with Gasteiger partial charge in [-0.2, -0.15) is 0 Å². The number of rotatable bonds is 2. The molecule has 0 bridgehead atoms. The lowest BCUT2D eigenvalue weighted by molar-refractivity contribution is 0.102. The van der Waals surface area contributed by atoms with Crippen LogP contribution < -0.4 is 5.32 Å². The molecule has 78 valence electrons. The Bertz CT molecular complexity index is 243. The Morgan fingerprint density at radius 3 is 3.21 bits per heavy atom. The van der Waals surface area contributed by atoms with Gasteiger partial charge in [0.25, 0.3) is 0 Å². The summed E-state index contributed by atoms with van der Waals surface area (Å²) >= 11 is 0. The largest absolute Gasteiger partial charge is 0.376 e. The van der Waals surface area contributed by atoms with Crippen LogP contribution in [-0.2, 0) is 4.74 Å². The standard InChI is InChI=1S/C9H16N4O/c10-13-12-6-8-5-9(7-14-8)3-1-2-4-11-9/h8,11H,1-7H2/t8-,9-/m0/s1. The van der Waals surface area contributed by atoms with E-state index in [9.17, 15) is 0 Å². The molecule has 0 radical (unpaired) electrons. The van der Waals surface area contributed by atoms with Crippen molar-refractivity contribution in [2.45, 2.75) is 37.3 Å². The van der Waals surface area contributed by atoms with E-state index in [-0.39, 0.29) is 11.6 Å². The monoisotopic (exact) mass is 196 g/mol. The lowest BCUT2D eigenvalue weighted by Crippen LogP contribution is -2.49. The lowest BCUT2D eigenvalue weighted by atomic mass is 9.87. The van der Waals surface area contributed by atoms with E-state index in [1.165, 1.54) is 19.3 Å². The molecular weight excluding hydrogens is 180 g/mol. The molecule has 0 saturated carbocycles. The van der Waals surface area contributed by atoms with Gasteiger partial charge < -0.3 is 10.1 Å². The zero-order valence-corrected chi connectivity index (χ0v) is 8.28. The molecule has 1 N–H and O–H groups in total. The number of piperidine rings is 1. The zero-order chi connectivity index (χ0) is 9.86. The molecule has 2 heterocycles. The second kappa shape index (κ2) is 4.17. The van der Waals surface area contributed by atoms with Gasteiger partial charge in [-0.25, -0.2) is 0 Å². The van der Waals surface area contributed by atoms with Crippen LogP contribution in [0.5, 0.6) is 0 Å². The molecule has 14 heavy (non-hydrogen) atoms. The van der Waals surface area contributed by atoms with Crippen LogP contribution in [0.2, 0.25) is 0 Å². The Morgan fingerprint density at radius 2 is 2.50 bits per heavy atom. The van der Waals surface area contributed by atoms with E-state index in [2.05, 4.69) is 15.3 Å². The molecule has 2 rings (SSSR count). The molecule has 2 aliphatic rings. The number of hydrogen-bond donors (Lipinski definition) is 1. The summed E-state index contributed by atoms with van der Waals surface area (Å²) in [6.45, 7) is 2.34. The fourth-order valence-electron chi connectivity index (χ4n) is 2.40. The third-order valence-electron chi connectivity index (χ3n) is 3.14. The van der Waals surface area contributed by atoms with E-state index in [1.54, 1.807) is 0 Å². The second-order valence-corrected chi connectivity index (χ2v) is 4.21. The summed E-state index contributed by atoms with van der Waals surface area (Å²) < 4.78 is 5.62. The minimum Gasteiger partial charge on any atom is -0.376 e. The Labute approximate surface area is 83.4 Å². The van der Waals surface area contributed by atoms with Gasteiger partial charge in [0.15, 0.2) is 0 Å². The van der Waals surface area contributed by atoms with Crippen molar-refractivity contribution < 1.29 is 4.74 Å². The van der Waals surface area contributed by atoms with Crippen LogP contribution in [0.4, 0.5) is 0 Å². The number of hydrogen-bond acceptors (Lipinski definition) is 3. The third-order valence-corrected chi connectivity index (χ3v) is 3.14. The van der Waals surface area contributed by atoms with Crippen LogP contribution in [0.15, 0.2) is 5.11 Å². The highest BCUT2D eigenvalue weighted by Gasteiger charge is 2.40. The topological polar surface area (TPSA) is 70.0 Å². The molecule has 2 saturated heterocycles. The smallest absolute Gasteiger partial charge is 0.0653 e. The maximum absolute atomic E-state index is 8.22. The normalized spacial score (nSPS) is 37.0. The molecule has 0 amide bonds. The molecular formula is C9H16N4O. The van der Waals surface area contributed by atoms with Crippen molar-refractivity contribution in [3.8, 4) is 0 Å². The molecule has 2 atom stereocenters. The van der Waals surface area contributed by atoms with Crippen molar-refractivity contribution in [1.29, 1.82) is 0 Å². The number of ether oxygens (including phenoxy) is 1. The Morgan fingerprint density at radius 1 is 1.57 bits per heavy atom. The minimum absolute atomic E-state index is 0.122. The molecule has 0 aliphatic carbocycles. The van der Waals surface area contributed by atoms with E-state index in [4.69, 9.17) is 10.3 Å². The molecule has 0 unspecified atom stereocenters. The first-order valence-electron chi connectivity index (χ1n) is 5.22. The highest BCUT2D eigenvalue weighted by atomic mass is 16.5. The predicted molar refractivity (Wildman–Crippen MR) is 53.0 cm³/mol. The highest BCUT2D eigenvalue weighted by molar-refractivity contribution is 4.97. The second-order valence-electron chi connectivity index (χ2n) is 4.21. The summed E-state index contributed by atoms with van der Waals surface area (Å²) in [7, 11) is 0. The molecule has 5 nitrogen and oxygen atoms in total. The predicted octanol–water partition coefficient (Wildman–Crippen LogP) is 1.60. The van der Waals surface area contributed by atoms with E-state index < -0.39 is 0 Å².